The normalized spacial score (nSPS) is 40.3. The van der Waals surface area contributed by atoms with Crippen molar-refractivity contribution < 1.29 is 4.79 Å². The van der Waals surface area contributed by atoms with Gasteiger partial charge in [-0.1, -0.05) is 19.3 Å². The topological polar surface area (TPSA) is 55.1 Å². The second-order valence-corrected chi connectivity index (χ2v) is 6.31. The average molecular weight is 236 g/mol. The number of hydrogen-bond acceptors (Lipinski definition) is 2. The van der Waals surface area contributed by atoms with Crippen LogP contribution >= 0.6 is 0 Å². The first kappa shape index (κ1) is 11.5. The maximum Gasteiger partial charge on any atom is 0.224 e. The van der Waals surface area contributed by atoms with Gasteiger partial charge in [0.1, 0.15) is 0 Å². The van der Waals surface area contributed by atoms with E-state index in [4.69, 9.17) is 5.73 Å². The van der Waals surface area contributed by atoms with E-state index in [0.717, 1.165) is 12.5 Å². The Kier molecular flexibility index (Phi) is 3.12. The van der Waals surface area contributed by atoms with Gasteiger partial charge in [-0.25, -0.2) is 0 Å². The van der Waals surface area contributed by atoms with Crippen molar-refractivity contribution in [3.63, 3.8) is 0 Å². The molecule has 3 fully saturated rings. The Morgan fingerprint density at radius 1 is 1.18 bits per heavy atom. The van der Waals surface area contributed by atoms with Gasteiger partial charge in [0.2, 0.25) is 5.91 Å². The minimum atomic E-state index is 0.121. The zero-order valence-corrected chi connectivity index (χ0v) is 10.5. The molecule has 2 bridgehead atoms. The van der Waals surface area contributed by atoms with Gasteiger partial charge in [-0.05, 0) is 43.4 Å². The van der Waals surface area contributed by atoms with Gasteiger partial charge in [-0.15, -0.1) is 0 Å². The van der Waals surface area contributed by atoms with Crippen LogP contribution < -0.4 is 11.1 Å². The van der Waals surface area contributed by atoms with Crippen molar-refractivity contribution >= 4 is 5.91 Å². The number of carbonyl (C=O) groups is 1. The highest BCUT2D eigenvalue weighted by atomic mass is 16.1. The lowest BCUT2D eigenvalue weighted by atomic mass is 9.82. The summed E-state index contributed by atoms with van der Waals surface area (Å²) in [6, 6.07) is 0.137. The molecule has 3 nitrogen and oxygen atoms in total. The molecule has 0 aromatic carbocycles. The maximum atomic E-state index is 12.1. The van der Waals surface area contributed by atoms with E-state index in [2.05, 4.69) is 5.32 Å². The predicted molar refractivity (Wildman–Crippen MR) is 67.3 cm³/mol. The molecule has 0 heterocycles. The highest BCUT2D eigenvalue weighted by Crippen LogP contribution is 2.47. The molecule has 3 saturated carbocycles. The van der Waals surface area contributed by atoms with Gasteiger partial charge in [0, 0.05) is 12.6 Å². The molecule has 0 aromatic rings. The number of nitrogens with one attached hydrogen (secondary N) is 1. The first-order valence-corrected chi connectivity index (χ1v) is 7.29. The summed E-state index contributed by atoms with van der Waals surface area (Å²) in [7, 11) is 0. The molecule has 3 N–H and O–H groups in total. The van der Waals surface area contributed by atoms with Crippen molar-refractivity contribution in [1.29, 1.82) is 0 Å². The fourth-order valence-electron chi connectivity index (χ4n) is 4.02. The lowest BCUT2D eigenvalue weighted by molar-refractivity contribution is -0.127. The van der Waals surface area contributed by atoms with Gasteiger partial charge in [0.15, 0.2) is 0 Å². The van der Waals surface area contributed by atoms with Crippen LogP contribution in [0, 0.1) is 23.7 Å². The van der Waals surface area contributed by atoms with Gasteiger partial charge >= 0.3 is 0 Å². The van der Waals surface area contributed by atoms with Gasteiger partial charge in [0.25, 0.3) is 0 Å². The average Bonchev–Trinajstić information content (AvgIpc) is 2.81. The fourth-order valence-corrected chi connectivity index (χ4v) is 4.02. The van der Waals surface area contributed by atoms with Crippen molar-refractivity contribution in [3.05, 3.63) is 0 Å². The first-order chi connectivity index (χ1) is 8.25. The highest BCUT2D eigenvalue weighted by Gasteiger charge is 2.48. The Labute approximate surface area is 104 Å². The third kappa shape index (κ3) is 2.10. The molecule has 17 heavy (non-hydrogen) atoms. The third-order valence-corrected chi connectivity index (χ3v) is 5.36. The number of rotatable bonds is 4. The molecule has 0 aliphatic heterocycles. The van der Waals surface area contributed by atoms with Crippen LogP contribution in [-0.2, 0) is 4.79 Å². The number of amides is 1. The number of hydrogen-bond donors (Lipinski definition) is 2. The van der Waals surface area contributed by atoms with Gasteiger partial charge < -0.3 is 11.1 Å². The Balaban J connectivity index is 1.45. The van der Waals surface area contributed by atoms with Crippen LogP contribution in [-0.4, -0.2) is 18.5 Å². The van der Waals surface area contributed by atoms with Crippen molar-refractivity contribution in [3.8, 4) is 0 Å². The summed E-state index contributed by atoms with van der Waals surface area (Å²) in [6.07, 6.45) is 8.95. The SMILES string of the molecule is NC1C2CCC(C2)C1C(=O)NCCC1CCC1. The van der Waals surface area contributed by atoms with Crippen LogP contribution in [0.25, 0.3) is 0 Å². The van der Waals surface area contributed by atoms with Crippen molar-refractivity contribution in [2.24, 2.45) is 29.4 Å². The lowest BCUT2D eigenvalue weighted by Gasteiger charge is -2.28. The summed E-state index contributed by atoms with van der Waals surface area (Å²) in [5, 5.41) is 3.12. The molecule has 3 rings (SSSR count). The second kappa shape index (κ2) is 4.60. The molecule has 1 amide bonds. The molecule has 3 aliphatic carbocycles. The van der Waals surface area contributed by atoms with Crippen LogP contribution in [0.1, 0.15) is 44.9 Å². The monoisotopic (exact) mass is 236 g/mol. The van der Waals surface area contributed by atoms with E-state index in [9.17, 15) is 4.79 Å². The zero-order chi connectivity index (χ0) is 11.8. The fraction of sp³-hybridized carbons (Fsp3) is 0.929. The summed E-state index contributed by atoms with van der Waals surface area (Å²) in [6.45, 7) is 0.865. The number of nitrogens with two attached hydrogens (primary N) is 1. The summed E-state index contributed by atoms with van der Waals surface area (Å²) < 4.78 is 0. The van der Waals surface area contributed by atoms with Crippen LogP contribution in [0.4, 0.5) is 0 Å². The Bertz CT molecular complexity index is 299. The molecular weight excluding hydrogens is 212 g/mol. The molecule has 3 aliphatic rings. The van der Waals surface area contributed by atoms with E-state index in [0.29, 0.717) is 11.8 Å². The Hall–Kier alpha value is -0.570. The summed E-state index contributed by atoms with van der Waals surface area (Å²) in [5.74, 6) is 2.45. The van der Waals surface area contributed by atoms with E-state index >= 15 is 0 Å². The Morgan fingerprint density at radius 2 is 1.94 bits per heavy atom. The highest BCUT2D eigenvalue weighted by molar-refractivity contribution is 5.80. The molecular formula is C14H24N2O. The molecule has 4 unspecified atom stereocenters. The summed E-state index contributed by atoms with van der Waals surface area (Å²) in [5.41, 5.74) is 6.17. The molecule has 0 spiro atoms. The van der Waals surface area contributed by atoms with Gasteiger partial charge in [-0.3, -0.25) is 4.79 Å². The third-order valence-electron chi connectivity index (χ3n) is 5.36. The van der Waals surface area contributed by atoms with E-state index in [-0.39, 0.29) is 17.9 Å². The van der Waals surface area contributed by atoms with E-state index in [1.807, 2.05) is 0 Å². The standard InChI is InChI=1S/C14H24N2O/c15-13-11-5-4-10(8-11)12(13)14(17)16-7-6-9-2-1-3-9/h9-13H,1-8,15H2,(H,16,17). The molecule has 3 heteroatoms. The van der Waals surface area contributed by atoms with E-state index in [1.165, 1.54) is 44.9 Å². The lowest BCUT2D eigenvalue weighted by Crippen LogP contribution is -2.45. The largest absolute Gasteiger partial charge is 0.356 e. The Morgan fingerprint density at radius 3 is 2.53 bits per heavy atom. The quantitative estimate of drug-likeness (QED) is 0.780. The minimum Gasteiger partial charge on any atom is -0.356 e. The maximum absolute atomic E-state index is 12.1. The first-order valence-electron chi connectivity index (χ1n) is 7.29. The van der Waals surface area contributed by atoms with Crippen molar-refractivity contribution in [2.45, 2.75) is 51.0 Å². The second-order valence-electron chi connectivity index (χ2n) is 6.31. The summed E-state index contributed by atoms with van der Waals surface area (Å²) >= 11 is 0. The minimum absolute atomic E-state index is 0.121. The van der Waals surface area contributed by atoms with E-state index < -0.39 is 0 Å². The molecule has 0 saturated heterocycles. The van der Waals surface area contributed by atoms with Gasteiger partial charge in [-0.2, -0.15) is 0 Å². The predicted octanol–water partition coefficient (Wildman–Crippen LogP) is 1.67. The molecule has 4 atom stereocenters. The molecule has 96 valence electrons. The zero-order valence-electron chi connectivity index (χ0n) is 10.5. The van der Waals surface area contributed by atoms with Crippen LogP contribution in [0.2, 0.25) is 0 Å². The molecule has 0 aromatic heterocycles. The van der Waals surface area contributed by atoms with Gasteiger partial charge in [0.05, 0.1) is 5.92 Å². The van der Waals surface area contributed by atoms with Crippen LogP contribution in [0.5, 0.6) is 0 Å². The smallest absolute Gasteiger partial charge is 0.224 e. The number of fused-ring (bicyclic) bond motifs is 2. The van der Waals surface area contributed by atoms with E-state index in [1.54, 1.807) is 0 Å². The van der Waals surface area contributed by atoms with Crippen LogP contribution in [0.15, 0.2) is 0 Å². The van der Waals surface area contributed by atoms with Crippen molar-refractivity contribution in [1.82, 2.24) is 5.32 Å². The number of carbonyl (C=O) groups excluding carboxylic acids is 1. The molecule has 0 radical (unpaired) electrons. The summed E-state index contributed by atoms with van der Waals surface area (Å²) in [4.78, 5) is 12.1. The van der Waals surface area contributed by atoms with Crippen LogP contribution in [0.3, 0.4) is 0 Å². The van der Waals surface area contributed by atoms with Crippen molar-refractivity contribution in [2.75, 3.05) is 6.54 Å².